The molecule has 4 aromatic rings. The van der Waals surface area contributed by atoms with E-state index < -0.39 is 0 Å². The van der Waals surface area contributed by atoms with Gasteiger partial charge in [-0.1, -0.05) is 37.2 Å². The molecule has 9 heteroatoms. The number of hydrogen-bond donors (Lipinski definition) is 0. The molecule has 0 aliphatic heterocycles. The highest BCUT2D eigenvalue weighted by Gasteiger charge is 2.18. The van der Waals surface area contributed by atoms with Crippen molar-refractivity contribution in [1.29, 1.82) is 0 Å². The van der Waals surface area contributed by atoms with Gasteiger partial charge >= 0.3 is 0 Å². The molecule has 0 saturated carbocycles. The van der Waals surface area contributed by atoms with Crippen LogP contribution >= 0.6 is 39.0 Å². The number of nitrogens with zero attached hydrogens (tertiary/aromatic N) is 4. The van der Waals surface area contributed by atoms with E-state index in [-0.39, 0.29) is 17.1 Å². The van der Waals surface area contributed by atoms with Gasteiger partial charge in [-0.25, -0.2) is 0 Å². The smallest absolute Gasteiger partial charge is 0.262 e. The molecule has 0 unspecified atom stereocenters. The Hall–Kier alpha value is -1.97. The molecule has 0 radical (unpaired) electrons. The van der Waals surface area contributed by atoms with Crippen molar-refractivity contribution in [2.45, 2.75) is 31.5 Å². The average molecular weight is 477 g/mol. The molecule has 0 amide bonds. The Labute approximate surface area is 177 Å². The molecule has 0 aliphatic carbocycles. The first-order valence-corrected chi connectivity index (χ1v) is 11.5. The monoisotopic (exact) mass is 476 g/mol. The molecule has 0 spiro atoms. The molecule has 3 aromatic heterocycles. The summed E-state index contributed by atoms with van der Waals surface area (Å²) in [6.07, 6.45) is 1.86. The summed E-state index contributed by atoms with van der Waals surface area (Å²) in [5, 5.41) is 11.7. The van der Waals surface area contributed by atoms with Crippen LogP contribution in [0.15, 0.2) is 50.1 Å². The minimum Gasteiger partial charge on any atom is -0.292 e. The summed E-state index contributed by atoms with van der Waals surface area (Å²) in [6, 6.07) is 9.32. The zero-order chi connectivity index (χ0) is 19.7. The van der Waals surface area contributed by atoms with Crippen molar-refractivity contribution in [2.75, 3.05) is 5.75 Å². The third kappa shape index (κ3) is 3.42. The lowest BCUT2D eigenvalue weighted by Gasteiger charge is -2.10. The minimum atomic E-state index is -0.0564. The second-order valence-corrected chi connectivity index (χ2v) is 8.97. The summed E-state index contributed by atoms with van der Waals surface area (Å²) in [4.78, 5) is 26.2. The number of aryl methyl sites for hydroxylation is 1. The van der Waals surface area contributed by atoms with Gasteiger partial charge in [0.1, 0.15) is 0 Å². The Kier molecular flexibility index (Phi) is 5.65. The van der Waals surface area contributed by atoms with Gasteiger partial charge < -0.3 is 0 Å². The van der Waals surface area contributed by atoms with Crippen LogP contribution in [0.4, 0.5) is 0 Å². The number of Topliss-reactive ketones (excluding diaryl/α,β-unsaturated/α-hetero) is 1. The molecule has 4 rings (SSSR count). The number of carbonyl (C=O) groups excluding carboxylic acids is 1. The number of rotatable bonds is 7. The lowest BCUT2D eigenvalue weighted by Crippen LogP contribution is -2.23. The van der Waals surface area contributed by atoms with Gasteiger partial charge in [0.15, 0.2) is 10.9 Å². The molecule has 1 aromatic carbocycles. The zero-order valence-electron chi connectivity index (χ0n) is 15.1. The normalized spacial score (nSPS) is 11.5. The lowest BCUT2D eigenvalue weighted by atomic mass is 10.2. The number of thiophene rings is 1. The van der Waals surface area contributed by atoms with E-state index in [1.807, 2.05) is 40.1 Å². The van der Waals surface area contributed by atoms with Crippen molar-refractivity contribution in [3.8, 4) is 0 Å². The van der Waals surface area contributed by atoms with Crippen LogP contribution in [0.1, 0.15) is 29.4 Å². The quantitative estimate of drug-likeness (QED) is 0.287. The van der Waals surface area contributed by atoms with Gasteiger partial charge in [0.25, 0.3) is 5.56 Å². The lowest BCUT2D eigenvalue weighted by molar-refractivity contribution is 0.102. The van der Waals surface area contributed by atoms with E-state index >= 15 is 0 Å². The molecule has 28 heavy (non-hydrogen) atoms. The number of ketones is 1. The predicted octanol–water partition coefficient (Wildman–Crippen LogP) is 4.64. The number of hydrogen-bond acceptors (Lipinski definition) is 6. The molecule has 6 nitrogen and oxygen atoms in total. The van der Waals surface area contributed by atoms with Crippen molar-refractivity contribution in [2.24, 2.45) is 0 Å². The van der Waals surface area contributed by atoms with E-state index in [0.29, 0.717) is 27.7 Å². The molecule has 3 heterocycles. The highest BCUT2D eigenvalue weighted by molar-refractivity contribution is 9.10. The number of unbranched alkanes of at least 4 members (excludes halogenated alkanes) is 1. The van der Waals surface area contributed by atoms with Crippen molar-refractivity contribution < 1.29 is 4.79 Å². The van der Waals surface area contributed by atoms with Gasteiger partial charge in [-0.2, -0.15) is 0 Å². The van der Waals surface area contributed by atoms with E-state index in [1.54, 1.807) is 4.57 Å². The van der Waals surface area contributed by atoms with Crippen LogP contribution in [0.25, 0.3) is 16.7 Å². The predicted molar refractivity (Wildman–Crippen MR) is 117 cm³/mol. The molecule has 0 N–H and O–H groups in total. The molecular formula is C19H17BrN4O2S2. The standard InChI is InChI=1S/C19H17BrN4O2S2/c1-2-3-9-23-17(26)12-6-4-5-7-14(12)24-18(23)21-22-19(24)28-11-15(25)16-13(20)8-10-27-16/h4-8,10H,2-3,9,11H2,1H3. The highest BCUT2D eigenvalue weighted by atomic mass is 79.9. The summed E-state index contributed by atoms with van der Waals surface area (Å²) in [6.45, 7) is 2.68. The van der Waals surface area contributed by atoms with Gasteiger partial charge in [0.05, 0.1) is 21.5 Å². The van der Waals surface area contributed by atoms with Gasteiger partial charge in [0.2, 0.25) is 5.78 Å². The fraction of sp³-hybridized carbons (Fsp3) is 0.263. The van der Waals surface area contributed by atoms with Crippen molar-refractivity contribution in [1.82, 2.24) is 19.2 Å². The Morgan fingerprint density at radius 3 is 2.82 bits per heavy atom. The number of fused-ring (bicyclic) bond motifs is 3. The first-order valence-electron chi connectivity index (χ1n) is 8.87. The largest absolute Gasteiger partial charge is 0.292 e. The Morgan fingerprint density at radius 1 is 1.25 bits per heavy atom. The maximum Gasteiger partial charge on any atom is 0.262 e. The average Bonchev–Trinajstić information content (AvgIpc) is 3.32. The van der Waals surface area contributed by atoms with Crippen LogP contribution in [0.3, 0.4) is 0 Å². The number of carbonyl (C=O) groups is 1. The van der Waals surface area contributed by atoms with Crippen molar-refractivity contribution in [3.63, 3.8) is 0 Å². The zero-order valence-corrected chi connectivity index (χ0v) is 18.3. The molecule has 0 fully saturated rings. The van der Waals surface area contributed by atoms with Crippen LogP contribution in [0.2, 0.25) is 0 Å². The van der Waals surface area contributed by atoms with Crippen LogP contribution in [0.5, 0.6) is 0 Å². The first-order chi connectivity index (χ1) is 13.6. The second-order valence-electron chi connectivity index (χ2n) is 6.25. The van der Waals surface area contributed by atoms with E-state index in [0.717, 1.165) is 22.8 Å². The van der Waals surface area contributed by atoms with E-state index in [9.17, 15) is 9.59 Å². The minimum absolute atomic E-state index is 0.0345. The van der Waals surface area contributed by atoms with Crippen LogP contribution < -0.4 is 5.56 Å². The van der Waals surface area contributed by atoms with E-state index in [2.05, 4.69) is 33.1 Å². The fourth-order valence-corrected chi connectivity index (χ4v) is 5.47. The topological polar surface area (TPSA) is 69.3 Å². The summed E-state index contributed by atoms with van der Waals surface area (Å²) in [7, 11) is 0. The number of benzene rings is 1. The summed E-state index contributed by atoms with van der Waals surface area (Å²) in [5.74, 6) is 0.805. The summed E-state index contributed by atoms with van der Waals surface area (Å²) in [5.41, 5.74) is 0.701. The van der Waals surface area contributed by atoms with Crippen LogP contribution in [-0.2, 0) is 6.54 Å². The Balaban J connectivity index is 1.78. The molecular weight excluding hydrogens is 460 g/mol. The van der Waals surface area contributed by atoms with Gasteiger partial charge in [-0.15, -0.1) is 21.5 Å². The molecule has 144 valence electrons. The Morgan fingerprint density at radius 2 is 2.07 bits per heavy atom. The molecule has 0 atom stereocenters. The number of halogens is 1. The van der Waals surface area contributed by atoms with Crippen LogP contribution in [-0.4, -0.2) is 30.7 Å². The maximum absolute atomic E-state index is 12.9. The number of aromatic nitrogens is 4. The van der Waals surface area contributed by atoms with Crippen molar-refractivity contribution >= 4 is 61.5 Å². The summed E-state index contributed by atoms with van der Waals surface area (Å²) < 4.78 is 4.38. The van der Waals surface area contributed by atoms with Gasteiger partial charge in [0, 0.05) is 11.0 Å². The Bertz CT molecular complexity index is 1230. The third-order valence-corrected chi connectivity index (χ3v) is 7.22. The van der Waals surface area contributed by atoms with Gasteiger partial charge in [-0.3, -0.25) is 18.6 Å². The number of para-hydroxylation sites is 1. The second kappa shape index (κ2) is 8.18. The first kappa shape index (κ1) is 19.4. The third-order valence-electron chi connectivity index (χ3n) is 4.42. The van der Waals surface area contributed by atoms with Gasteiger partial charge in [-0.05, 0) is 45.9 Å². The van der Waals surface area contributed by atoms with E-state index in [1.165, 1.54) is 23.1 Å². The molecule has 0 aliphatic rings. The summed E-state index contributed by atoms with van der Waals surface area (Å²) >= 11 is 6.16. The van der Waals surface area contributed by atoms with Crippen molar-refractivity contribution in [3.05, 3.63) is 55.4 Å². The molecule has 0 bridgehead atoms. The van der Waals surface area contributed by atoms with Crippen LogP contribution in [0, 0.1) is 0 Å². The SMILES string of the molecule is CCCCn1c(=O)c2ccccc2n2c(SCC(=O)c3sccc3Br)nnc12. The molecule has 0 saturated heterocycles. The van der Waals surface area contributed by atoms with E-state index in [4.69, 9.17) is 0 Å². The maximum atomic E-state index is 12.9. The highest BCUT2D eigenvalue weighted by Crippen LogP contribution is 2.27. The number of thioether (sulfide) groups is 1. The fourth-order valence-electron chi connectivity index (χ4n) is 3.03.